The molecule has 0 N–H and O–H groups in total. The average molecular weight is 420 g/mol. The van der Waals surface area contributed by atoms with Crippen LogP contribution in [0.25, 0.3) is 10.9 Å². The summed E-state index contributed by atoms with van der Waals surface area (Å²) in [5, 5.41) is 0.844. The van der Waals surface area contributed by atoms with Crippen LogP contribution >= 0.6 is 23.2 Å². The molecule has 8 heteroatoms. The van der Waals surface area contributed by atoms with Gasteiger partial charge in [-0.3, -0.25) is 14.2 Å². The SMILES string of the molecule is O=C(Cn1cnc2c(Cl)cc(Cl)cc2c1=O)N(Cc1ccccc1F)C1CC1. The summed E-state index contributed by atoms with van der Waals surface area (Å²) in [5.74, 6) is -0.614. The number of halogens is 3. The van der Waals surface area contributed by atoms with Gasteiger partial charge in [0.2, 0.25) is 5.91 Å². The van der Waals surface area contributed by atoms with Crippen molar-refractivity contribution in [2.45, 2.75) is 32.0 Å². The van der Waals surface area contributed by atoms with Gasteiger partial charge < -0.3 is 4.90 Å². The molecule has 2 aromatic carbocycles. The van der Waals surface area contributed by atoms with Crippen molar-refractivity contribution >= 4 is 40.0 Å². The zero-order valence-corrected chi connectivity index (χ0v) is 16.3. The molecule has 0 radical (unpaired) electrons. The van der Waals surface area contributed by atoms with Crippen molar-refractivity contribution in [1.29, 1.82) is 0 Å². The summed E-state index contributed by atoms with van der Waals surface area (Å²) in [6.07, 6.45) is 3.04. The quantitative estimate of drug-likeness (QED) is 0.626. The predicted molar refractivity (Wildman–Crippen MR) is 106 cm³/mol. The van der Waals surface area contributed by atoms with Gasteiger partial charge in [0.05, 0.1) is 22.3 Å². The van der Waals surface area contributed by atoms with Crippen LogP contribution in [0.4, 0.5) is 4.39 Å². The Labute approximate surface area is 170 Å². The molecule has 5 nitrogen and oxygen atoms in total. The maximum atomic E-state index is 14.0. The van der Waals surface area contributed by atoms with Crippen LogP contribution in [0, 0.1) is 5.82 Å². The number of nitrogens with zero attached hydrogens (tertiary/aromatic N) is 3. The van der Waals surface area contributed by atoms with Gasteiger partial charge in [0, 0.05) is 23.2 Å². The lowest BCUT2D eigenvalue weighted by atomic mass is 10.2. The fourth-order valence-corrected chi connectivity index (χ4v) is 3.70. The molecule has 1 saturated carbocycles. The Morgan fingerprint density at radius 3 is 2.71 bits per heavy atom. The van der Waals surface area contributed by atoms with E-state index in [1.54, 1.807) is 23.1 Å². The summed E-state index contributed by atoms with van der Waals surface area (Å²) in [5.41, 5.74) is 0.389. The Balaban J connectivity index is 1.62. The van der Waals surface area contributed by atoms with E-state index in [0.29, 0.717) is 16.1 Å². The number of carbonyl (C=O) groups is 1. The first-order valence-corrected chi connectivity index (χ1v) is 9.56. The van der Waals surface area contributed by atoms with Gasteiger partial charge in [0.1, 0.15) is 12.4 Å². The molecule has 4 rings (SSSR count). The molecule has 0 unspecified atom stereocenters. The highest BCUT2D eigenvalue weighted by molar-refractivity contribution is 6.38. The molecule has 1 aromatic heterocycles. The molecule has 1 amide bonds. The van der Waals surface area contributed by atoms with Crippen LogP contribution < -0.4 is 5.56 Å². The third-order valence-corrected chi connectivity index (χ3v) is 5.26. The number of rotatable bonds is 5. The summed E-state index contributed by atoms with van der Waals surface area (Å²) >= 11 is 12.1. The number of fused-ring (bicyclic) bond motifs is 1. The minimum atomic E-state index is -0.399. The van der Waals surface area contributed by atoms with Crippen LogP contribution in [-0.2, 0) is 17.9 Å². The van der Waals surface area contributed by atoms with Crippen LogP contribution in [-0.4, -0.2) is 26.4 Å². The van der Waals surface area contributed by atoms with Crippen molar-refractivity contribution in [2.24, 2.45) is 0 Å². The molecule has 3 aromatic rings. The van der Waals surface area contributed by atoms with E-state index in [2.05, 4.69) is 4.98 Å². The zero-order chi connectivity index (χ0) is 19.8. The van der Waals surface area contributed by atoms with E-state index in [9.17, 15) is 14.0 Å². The third kappa shape index (κ3) is 3.75. The lowest BCUT2D eigenvalue weighted by Gasteiger charge is -2.23. The van der Waals surface area contributed by atoms with E-state index in [1.807, 2.05) is 0 Å². The Morgan fingerprint density at radius 1 is 1.25 bits per heavy atom. The van der Waals surface area contributed by atoms with Gasteiger partial charge in [-0.2, -0.15) is 0 Å². The fraction of sp³-hybridized carbons (Fsp3) is 0.250. The smallest absolute Gasteiger partial charge is 0.261 e. The molecule has 144 valence electrons. The minimum absolute atomic E-state index is 0.0695. The second-order valence-corrected chi connectivity index (χ2v) is 7.65. The van der Waals surface area contributed by atoms with Gasteiger partial charge >= 0.3 is 0 Å². The second kappa shape index (κ2) is 7.53. The Morgan fingerprint density at radius 2 is 2.00 bits per heavy atom. The highest BCUT2D eigenvalue weighted by atomic mass is 35.5. The van der Waals surface area contributed by atoms with E-state index in [0.717, 1.165) is 12.8 Å². The summed E-state index contributed by atoms with van der Waals surface area (Å²) in [7, 11) is 0. The molecule has 0 saturated heterocycles. The minimum Gasteiger partial charge on any atom is -0.334 e. The number of hydrogen-bond donors (Lipinski definition) is 0. The van der Waals surface area contributed by atoms with E-state index < -0.39 is 5.56 Å². The third-order valence-electron chi connectivity index (χ3n) is 4.76. The van der Waals surface area contributed by atoms with Crippen LogP contribution in [0.3, 0.4) is 0 Å². The molecular formula is C20H16Cl2FN3O2. The lowest BCUT2D eigenvalue weighted by molar-refractivity contribution is -0.133. The first-order valence-electron chi connectivity index (χ1n) is 8.81. The molecular weight excluding hydrogens is 404 g/mol. The molecule has 1 heterocycles. The second-order valence-electron chi connectivity index (χ2n) is 6.81. The first kappa shape index (κ1) is 18.9. The van der Waals surface area contributed by atoms with Crippen LogP contribution in [0.5, 0.6) is 0 Å². The summed E-state index contributed by atoms with van der Waals surface area (Å²) in [4.78, 5) is 31.5. The van der Waals surface area contributed by atoms with E-state index in [1.165, 1.54) is 29.1 Å². The molecule has 1 aliphatic carbocycles. The van der Waals surface area contributed by atoms with Gasteiger partial charge in [-0.1, -0.05) is 41.4 Å². The molecule has 1 aliphatic rings. The van der Waals surface area contributed by atoms with Crippen LogP contribution in [0.2, 0.25) is 10.0 Å². The first-order chi connectivity index (χ1) is 13.4. The van der Waals surface area contributed by atoms with Crippen molar-refractivity contribution < 1.29 is 9.18 Å². The number of benzene rings is 2. The maximum absolute atomic E-state index is 14.0. The van der Waals surface area contributed by atoms with Crippen LogP contribution in [0.15, 0.2) is 47.5 Å². The number of hydrogen-bond acceptors (Lipinski definition) is 3. The van der Waals surface area contributed by atoms with Crippen molar-refractivity contribution in [3.63, 3.8) is 0 Å². The monoisotopic (exact) mass is 419 g/mol. The van der Waals surface area contributed by atoms with Gasteiger partial charge in [-0.15, -0.1) is 0 Å². The number of aromatic nitrogens is 2. The molecule has 0 aliphatic heterocycles. The normalized spacial score (nSPS) is 13.7. The van der Waals surface area contributed by atoms with E-state index >= 15 is 0 Å². The van der Waals surface area contributed by atoms with Gasteiger partial charge in [0.25, 0.3) is 5.56 Å². The summed E-state index contributed by atoms with van der Waals surface area (Å²) in [6.45, 7) is -0.0134. The van der Waals surface area contributed by atoms with Crippen molar-refractivity contribution in [3.05, 3.63) is 74.5 Å². The van der Waals surface area contributed by atoms with Gasteiger partial charge in [0.15, 0.2) is 0 Å². The topological polar surface area (TPSA) is 55.2 Å². The molecule has 0 atom stereocenters. The van der Waals surface area contributed by atoms with Gasteiger partial charge in [-0.05, 0) is 31.0 Å². The van der Waals surface area contributed by atoms with Crippen molar-refractivity contribution in [3.8, 4) is 0 Å². The summed E-state index contributed by atoms with van der Waals surface area (Å²) in [6, 6.07) is 9.44. The maximum Gasteiger partial charge on any atom is 0.261 e. The predicted octanol–water partition coefficient (Wildman–Crippen LogP) is 4.03. The molecule has 28 heavy (non-hydrogen) atoms. The Bertz CT molecular complexity index is 1130. The molecule has 1 fully saturated rings. The van der Waals surface area contributed by atoms with Crippen molar-refractivity contribution in [2.75, 3.05) is 0 Å². The van der Waals surface area contributed by atoms with Crippen LogP contribution in [0.1, 0.15) is 18.4 Å². The molecule has 0 bridgehead atoms. The average Bonchev–Trinajstić information content (AvgIpc) is 3.48. The van der Waals surface area contributed by atoms with Crippen molar-refractivity contribution in [1.82, 2.24) is 14.5 Å². The highest BCUT2D eigenvalue weighted by Gasteiger charge is 2.33. The standard InChI is InChI=1S/C20H16Cl2FN3O2/c21-13-7-15-19(16(22)8-13)24-11-25(20(15)28)10-18(27)26(14-5-6-14)9-12-3-1-2-4-17(12)23/h1-4,7-8,11,14H,5-6,9-10H2. The lowest BCUT2D eigenvalue weighted by Crippen LogP contribution is -2.37. The number of carbonyl (C=O) groups excluding carboxylic acids is 1. The fourth-order valence-electron chi connectivity index (χ4n) is 3.16. The Kier molecular flexibility index (Phi) is 5.08. The Hall–Kier alpha value is -2.44. The van der Waals surface area contributed by atoms with E-state index in [-0.39, 0.29) is 41.3 Å². The van der Waals surface area contributed by atoms with Gasteiger partial charge in [-0.25, -0.2) is 9.37 Å². The highest BCUT2D eigenvalue weighted by Crippen LogP contribution is 2.29. The molecule has 0 spiro atoms. The largest absolute Gasteiger partial charge is 0.334 e. The summed E-state index contributed by atoms with van der Waals surface area (Å²) < 4.78 is 15.2. The zero-order valence-electron chi connectivity index (χ0n) is 14.7. The number of amides is 1. The van der Waals surface area contributed by atoms with E-state index in [4.69, 9.17) is 23.2 Å².